The Kier molecular flexibility index (Phi) is 6.21. The number of thiazole rings is 1. The van der Waals surface area contributed by atoms with Gasteiger partial charge >= 0.3 is 0 Å². The molecular weight excluding hydrogens is 410 g/mol. The molecule has 0 saturated heterocycles. The van der Waals surface area contributed by atoms with E-state index < -0.39 is 9.84 Å². The van der Waals surface area contributed by atoms with Crippen LogP contribution in [0.5, 0.6) is 5.75 Å². The number of aromatic nitrogens is 1. The van der Waals surface area contributed by atoms with E-state index in [1.165, 1.54) is 23.5 Å². The van der Waals surface area contributed by atoms with Gasteiger partial charge in [0.2, 0.25) is 0 Å². The van der Waals surface area contributed by atoms with Gasteiger partial charge in [-0.2, -0.15) is 0 Å². The number of likely N-dealkylation sites (N-methyl/N-ethyl adjacent to an activating group) is 1. The SMILES string of the molecule is COc1ccc2nc(N(CCN(C)C)C(=O)c3ccccc3S(C)(=O)=O)sc2c1. The highest BCUT2D eigenvalue weighted by atomic mass is 32.2. The number of carbonyl (C=O) groups excluding carboxylic acids is 1. The number of sulfone groups is 1. The maximum Gasteiger partial charge on any atom is 0.261 e. The third kappa shape index (κ3) is 4.75. The second kappa shape index (κ2) is 8.48. The molecular formula is C20H23N3O4S2. The number of fused-ring (bicyclic) bond motifs is 1. The molecule has 0 fully saturated rings. The molecule has 0 aliphatic rings. The minimum Gasteiger partial charge on any atom is -0.497 e. The number of benzene rings is 2. The quantitative estimate of drug-likeness (QED) is 0.570. The van der Waals surface area contributed by atoms with Crippen molar-refractivity contribution in [2.24, 2.45) is 0 Å². The lowest BCUT2D eigenvalue weighted by Gasteiger charge is -2.22. The van der Waals surface area contributed by atoms with Gasteiger partial charge in [-0.15, -0.1) is 0 Å². The first-order valence-corrected chi connectivity index (χ1v) is 11.6. The number of nitrogens with zero attached hydrogens (tertiary/aromatic N) is 3. The lowest BCUT2D eigenvalue weighted by atomic mass is 10.2. The second-order valence-corrected chi connectivity index (χ2v) is 9.85. The van der Waals surface area contributed by atoms with Crippen LogP contribution in [-0.4, -0.2) is 64.8 Å². The van der Waals surface area contributed by atoms with Crippen LogP contribution >= 0.6 is 11.3 Å². The summed E-state index contributed by atoms with van der Waals surface area (Å²) in [5.41, 5.74) is 0.899. The molecule has 0 radical (unpaired) electrons. The Hall–Kier alpha value is -2.49. The van der Waals surface area contributed by atoms with Gasteiger partial charge in [-0.05, 0) is 44.4 Å². The molecule has 7 nitrogen and oxygen atoms in total. The summed E-state index contributed by atoms with van der Waals surface area (Å²) < 4.78 is 30.5. The summed E-state index contributed by atoms with van der Waals surface area (Å²) in [6.45, 7) is 0.979. The van der Waals surface area contributed by atoms with Crippen LogP contribution in [0.2, 0.25) is 0 Å². The van der Waals surface area contributed by atoms with Crippen molar-refractivity contribution in [2.75, 3.05) is 45.5 Å². The van der Waals surface area contributed by atoms with Gasteiger partial charge in [0.15, 0.2) is 15.0 Å². The van der Waals surface area contributed by atoms with Crippen molar-refractivity contribution in [2.45, 2.75) is 4.90 Å². The second-order valence-electron chi connectivity index (χ2n) is 6.86. The van der Waals surface area contributed by atoms with Crippen molar-refractivity contribution in [3.8, 4) is 5.75 Å². The summed E-state index contributed by atoms with van der Waals surface area (Å²) in [5.74, 6) is 0.320. The van der Waals surface area contributed by atoms with Crippen molar-refractivity contribution < 1.29 is 17.9 Å². The Morgan fingerprint density at radius 3 is 2.52 bits per heavy atom. The fraction of sp³-hybridized carbons (Fsp3) is 0.300. The molecule has 0 spiro atoms. The molecule has 1 aromatic heterocycles. The predicted molar refractivity (Wildman–Crippen MR) is 116 cm³/mol. The highest BCUT2D eigenvalue weighted by Crippen LogP contribution is 2.32. The van der Waals surface area contributed by atoms with E-state index in [0.29, 0.717) is 24.0 Å². The first-order chi connectivity index (χ1) is 13.7. The van der Waals surface area contributed by atoms with Gasteiger partial charge in [0.05, 0.1) is 27.8 Å². The topological polar surface area (TPSA) is 79.8 Å². The molecule has 1 heterocycles. The van der Waals surface area contributed by atoms with E-state index in [4.69, 9.17) is 4.74 Å². The van der Waals surface area contributed by atoms with Gasteiger partial charge in [-0.25, -0.2) is 13.4 Å². The van der Waals surface area contributed by atoms with E-state index in [9.17, 15) is 13.2 Å². The molecule has 0 aliphatic heterocycles. The molecule has 9 heteroatoms. The molecule has 0 N–H and O–H groups in total. The van der Waals surface area contributed by atoms with Gasteiger partial charge in [0.1, 0.15) is 5.75 Å². The summed E-state index contributed by atoms with van der Waals surface area (Å²) in [4.78, 5) is 21.5. The third-order valence-electron chi connectivity index (χ3n) is 4.35. The number of hydrogen-bond donors (Lipinski definition) is 0. The average Bonchev–Trinajstić information content (AvgIpc) is 3.09. The fourth-order valence-electron chi connectivity index (χ4n) is 2.83. The average molecular weight is 434 g/mol. The molecule has 0 unspecified atom stereocenters. The van der Waals surface area contributed by atoms with Gasteiger partial charge < -0.3 is 9.64 Å². The molecule has 0 saturated carbocycles. The molecule has 3 aromatic rings. The van der Waals surface area contributed by atoms with Crippen LogP contribution in [0.1, 0.15) is 10.4 Å². The van der Waals surface area contributed by atoms with Gasteiger partial charge in [-0.1, -0.05) is 23.5 Å². The molecule has 3 rings (SSSR count). The summed E-state index contributed by atoms with van der Waals surface area (Å²) >= 11 is 1.37. The first-order valence-electron chi connectivity index (χ1n) is 8.91. The maximum absolute atomic E-state index is 13.4. The molecule has 29 heavy (non-hydrogen) atoms. The zero-order valence-electron chi connectivity index (χ0n) is 16.7. The number of methoxy groups -OCH3 is 1. The van der Waals surface area contributed by atoms with Crippen LogP contribution in [0.15, 0.2) is 47.4 Å². The Morgan fingerprint density at radius 1 is 1.14 bits per heavy atom. The van der Waals surface area contributed by atoms with Crippen LogP contribution < -0.4 is 9.64 Å². The zero-order valence-corrected chi connectivity index (χ0v) is 18.4. The lowest BCUT2D eigenvalue weighted by molar-refractivity contribution is 0.0982. The van der Waals surface area contributed by atoms with E-state index in [0.717, 1.165) is 16.5 Å². The van der Waals surface area contributed by atoms with E-state index in [1.54, 1.807) is 24.1 Å². The normalized spacial score (nSPS) is 11.8. The molecule has 0 aliphatic carbocycles. The number of carbonyl (C=O) groups is 1. The minimum atomic E-state index is -3.55. The number of hydrogen-bond acceptors (Lipinski definition) is 7. The monoisotopic (exact) mass is 433 g/mol. The minimum absolute atomic E-state index is 0.0163. The summed E-state index contributed by atoms with van der Waals surface area (Å²) in [6, 6.07) is 11.8. The number of ether oxygens (including phenoxy) is 1. The van der Waals surface area contributed by atoms with Crippen molar-refractivity contribution in [3.63, 3.8) is 0 Å². The Morgan fingerprint density at radius 2 is 1.86 bits per heavy atom. The summed E-state index contributed by atoms with van der Waals surface area (Å²) in [5, 5.41) is 0.517. The number of amides is 1. The smallest absolute Gasteiger partial charge is 0.261 e. The number of rotatable bonds is 7. The largest absolute Gasteiger partial charge is 0.497 e. The van der Waals surface area contributed by atoms with Gasteiger partial charge in [-0.3, -0.25) is 9.69 Å². The van der Waals surface area contributed by atoms with Crippen LogP contribution in [0.4, 0.5) is 5.13 Å². The summed E-state index contributed by atoms with van der Waals surface area (Å²) in [6.07, 6.45) is 1.10. The Bertz CT molecular complexity index is 1140. The van der Waals surface area contributed by atoms with E-state index >= 15 is 0 Å². The standard InChI is InChI=1S/C20H23N3O4S2/c1-22(2)11-12-23(19(24)15-7-5-6-8-18(15)29(4,25)26)20-21-16-10-9-14(27-3)13-17(16)28-20/h5-10,13H,11-12H2,1-4H3. The van der Waals surface area contributed by atoms with E-state index in [1.807, 2.05) is 37.2 Å². The predicted octanol–water partition coefficient (Wildman–Crippen LogP) is 2.92. The van der Waals surface area contributed by atoms with Gasteiger partial charge in [0.25, 0.3) is 5.91 Å². The van der Waals surface area contributed by atoms with E-state index in [-0.39, 0.29) is 16.4 Å². The van der Waals surface area contributed by atoms with Crippen LogP contribution in [0.25, 0.3) is 10.2 Å². The highest BCUT2D eigenvalue weighted by Gasteiger charge is 2.26. The van der Waals surface area contributed by atoms with Crippen LogP contribution in [0, 0.1) is 0 Å². The van der Waals surface area contributed by atoms with Gasteiger partial charge in [0, 0.05) is 19.3 Å². The van der Waals surface area contributed by atoms with E-state index in [2.05, 4.69) is 4.98 Å². The third-order valence-corrected chi connectivity index (χ3v) is 6.54. The highest BCUT2D eigenvalue weighted by molar-refractivity contribution is 7.90. The van der Waals surface area contributed by atoms with Crippen molar-refractivity contribution in [1.82, 2.24) is 9.88 Å². The lowest BCUT2D eigenvalue weighted by Crippen LogP contribution is -2.37. The van der Waals surface area contributed by atoms with Crippen LogP contribution in [0.3, 0.4) is 0 Å². The molecule has 1 amide bonds. The first kappa shape index (κ1) is 21.2. The molecule has 2 aromatic carbocycles. The fourth-order valence-corrected chi connectivity index (χ4v) is 4.73. The molecule has 0 bridgehead atoms. The van der Waals surface area contributed by atoms with Crippen molar-refractivity contribution >= 4 is 42.4 Å². The number of anilines is 1. The maximum atomic E-state index is 13.4. The zero-order chi connectivity index (χ0) is 21.2. The Balaban J connectivity index is 2.08. The van der Waals surface area contributed by atoms with Crippen molar-refractivity contribution in [1.29, 1.82) is 0 Å². The van der Waals surface area contributed by atoms with Crippen LogP contribution in [-0.2, 0) is 9.84 Å². The Labute approximate surface area is 174 Å². The molecule has 154 valence electrons. The summed E-state index contributed by atoms with van der Waals surface area (Å²) in [7, 11) is 1.87. The molecule has 0 atom stereocenters. The van der Waals surface area contributed by atoms with Crippen molar-refractivity contribution in [3.05, 3.63) is 48.0 Å².